The first kappa shape index (κ1) is 17.0. The molecule has 1 fully saturated rings. The lowest BCUT2D eigenvalue weighted by Gasteiger charge is -2.29. The van der Waals surface area contributed by atoms with E-state index < -0.39 is 6.17 Å². The number of rotatable bonds is 5. The first-order valence-electron chi connectivity index (χ1n) is 9.39. The molecule has 4 rings (SSSR count). The SMILES string of the molecule is CC(c1ccccc1)N1c2nc(CN3CCCCC3)cnc2N[C@@H]1C=O. The van der Waals surface area contributed by atoms with Crippen LogP contribution in [0, 0.1) is 0 Å². The minimum absolute atomic E-state index is 0.0275. The number of piperidine rings is 1. The van der Waals surface area contributed by atoms with Crippen LogP contribution in [0.15, 0.2) is 36.5 Å². The number of likely N-dealkylation sites (tertiary alicyclic amines) is 1. The zero-order valence-corrected chi connectivity index (χ0v) is 15.1. The van der Waals surface area contributed by atoms with Crippen molar-refractivity contribution in [3.8, 4) is 0 Å². The molecule has 0 bridgehead atoms. The number of nitrogens with zero attached hydrogens (tertiary/aromatic N) is 4. The summed E-state index contributed by atoms with van der Waals surface area (Å²) in [4.78, 5) is 25.5. The standard InChI is InChI=1S/C20H25N5O/c1-15(16-8-4-2-5-9-16)25-18(14-26)23-19-20(25)22-17(12-21-19)13-24-10-6-3-7-11-24/h2,4-5,8-9,12,14-15,18H,3,6-7,10-11,13H2,1H3,(H,21,23)/t15?,18-/m0/s1. The van der Waals surface area contributed by atoms with E-state index in [0.29, 0.717) is 5.82 Å². The van der Waals surface area contributed by atoms with E-state index in [4.69, 9.17) is 4.98 Å². The van der Waals surface area contributed by atoms with Crippen molar-refractivity contribution >= 4 is 17.9 Å². The topological polar surface area (TPSA) is 61.4 Å². The quantitative estimate of drug-likeness (QED) is 0.836. The molecule has 3 heterocycles. The van der Waals surface area contributed by atoms with Crippen LogP contribution >= 0.6 is 0 Å². The third kappa shape index (κ3) is 3.29. The molecule has 0 aliphatic carbocycles. The fraction of sp³-hybridized carbons (Fsp3) is 0.450. The monoisotopic (exact) mass is 351 g/mol. The van der Waals surface area contributed by atoms with Crippen molar-refractivity contribution in [1.29, 1.82) is 0 Å². The summed E-state index contributed by atoms with van der Waals surface area (Å²) < 4.78 is 0. The number of fused-ring (bicyclic) bond motifs is 1. The van der Waals surface area contributed by atoms with E-state index in [9.17, 15) is 4.79 Å². The van der Waals surface area contributed by atoms with Gasteiger partial charge in [-0.05, 0) is 38.4 Å². The first-order chi connectivity index (χ1) is 12.8. The van der Waals surface area contributed by atoms with Crippen LogP contribution in [-0.4, -0.2) is 40.4 Å². The number of carbonyl (C=O) groups excluding carboxylic acids is 1. The number of hydrogen-bond acceptors (Lipinski definition) is 6. The van der Waals surface area contributed by atoms with Crippen LogP contribution in [0.3, 0.4) is 0 Å². The molecule has 2 atom stereocenters. The molecule has 2 aliphatic heterocycles. The van der Waals surface area contributed by atoms with Crippen molar-refractivity contribution in [2.45, 2.75) is 44.9 Å². The number of nitrogens with one attached hydrogen (secondary N) is 1. The summed E-state index contributed by atoms with van der Waals surface area (Å²) in [6, 6.07) is 10.2. The van der Waals surface area contributed by atoms with E-state index in [1.807, 2.05) is 29.3 Å². The maximum atomic E-state index is 11.7. The molecule has 26 heavy (non-hydrogen) atoms. The van der Waals surface area contributed by atoms with Crippen molar-refractivity contribution in [1.82, 2.24) is 14.9 Å². The molecule has 1 N–H and O–H groups in total. The summed E-state index contributed by atoms with van der Waals surface area (Å²) in [6.07, 6.45) is 6.14. The Morgan fingerprint density at radius 1 is 1.23 bits per heavy atom. The summed E-state index contributed by atoms with van der Waals surface area (Å²) in [5.41, 5.74) is 2.11. The normalized spacial score (nSPS) is 21.1. The molecule has 136 valence electrons. The van der Waals surface area contributed by atoms with Crippen molar-refractivity contribution in [2.24, 2.45) is 0 Å². The molecule has 2 aromatic rings. The second kappa shape index (κ2) is 7.41. The van der Waals surface area contributed by atoms with E-state index in [1.54, 1.807) is 0 Å². The summed E-state index contributed by atoms with van der Waals surface area (Å²) in [6.45, 7) is 5.16. The minimum atomic E-state index is -0.439. The predicted octanol–water partition coefficient (Wildman–Crippen LogP) is 2.98. The van der Waals surface area contributed by atoms with Crippen LogP contribution in [0.5, 0.6) is 0 Å². The van der Waals surface area contributed by atoms with Crippen molar-refractivity contribution in [2.75, 3.05) is 23.3 Å². The highest BCUT2D eigenvalue weighted by Gasteiger charge is 2.35. The Kier molecular flexibility index (Phi) is 4.84. The third-order valence-electron chi connectivity index (χ3n) is 5.30. The molecule has 1 saturated heterocycles. The van der Waals surface area contributed by atoms with Gasteiger partial charge in [0.15, 0.2) is 24.1 Å². The van der Waals surface area contributed by atoms with Crippen LogP contribution in [0.2, 0.25) is 0 Å². The molecular weight excluding hydrogens is 326 g/mol. The van der Waals surface area contributed by atoms with Gasteiger partial charge in [-0.2, -0.15) is 0 Å². The summed E-state index contributed by atoms with van der Waals surface area (Å²) in [7, 11) is 0. The molecule has 2 aliphatic rings. The number of aromatic nitrogens is 2. The zero-order valence-electron chi connectivity index (χ0n) is 15.1. The highest BCUT2D eigenvalue weighted by molar-refractivity contribution is 5.80. The van der Waals surface area contributed by atoms with E-state index in [-0.39, 0.29) is 6.04 Å². The van der Waals surface area contributed by atoms with Gasteiger partial charge in [0.2, 0.25) is 0 Å². The molecule has 0 amide bonds. The van der Waals surface area contributed by atoms with Crippen LogP contribution < -0.4 is 10.2 Å². The lowest BCUT2D eigenvalue weighted by molar-refractivity contribution is -0.108. The zero-order chi connectivity index (χ0) is 17.9. The first-order valence-corrected chi connectivity index (χ1v) is 9.39. The van der Waals surface area contributed by atoms with Gasteiger partial charge >= 0.3 is 0 Å². The summed E-state index contributed by atoms with van der Waals surface area (Å²) in [5, 5.41) is 3.19. The molecular formula is C20H25N5O. The van der Waals surface area contributed by atoms with Gasteiger partial charge in [0.25, 0.3) is 0 Å². The van der Waals surface area contributed by atoms with Crippen LogP contribution in [0.1, 0.15) is 43.5 Å². The van der Waals surface area contributed by atoms with Gasteiger partial charge in [0.05, 0.1) is 17.9 Å². The maximum Gasteiger partial charge on any atom is 0.174 e. The second-order valence-corrected chi connectivity index (χ2v) is 7.09. The molecule has 1 unspecified atom stereocenters. The largest absolute Gasteiger partial charge is 0.341 e. The fourth-order valence-electron chi connectivity index (χ4n) is 3.88. The minimum Gasteiger partial charge on any atom is -0.341 e. The van der Waals surface area contributed by atoms with Gasteiger partial charge in [-0.3, -0.25) is 9.69 Å². The molecule has 0 spiro atoms. The van der Waals surface area contributed by atoms with Gasteiger partial charge in [0.1, 0.15) is 0 Å². The lowest BCUT2D eigenvalue weighted by atomic mass is 10.1. The van der Waals surface area contributed by atoms with Crippen LogP contribution in [0.4, 0.5) is 11.6 Å². The Balaban J connectivity index is 1.61. The van der Waals surface area contributed by atoms with E-state index in [1.165, 1.54) is 19.3 Å². The molecule has 6 heteroatoms. The Morgan fingerprint density at radius 2 is 2.00 bits per heavy atom. The van der Waals surface area contributed by atoms with E-state index in [2.05, 4.69) is 34.3 Å². The number of hydrogen-bond donors (Lipinski definition) is 1. The second-order valence-electron chi connectivity index (χ2n) is 7.09. The van der Waals surface area contributed by atoms with Crippen molar-refractivity contribution in [3.63, 3.8) is 0 Å². The highest BCUT2D eigenvalue weighted by Crippen LogP contribution is 2.37. The Labute approximate surface area is 154 Å². The van der Waals surface area contributed by atoms with Crippen molar-refractivity contribution in [3.05, 3.63) is 47.8 Å². The number of anilines is 2. The molecule has 0 radical (unpaired) electrons. The lowest BCUT2D eigenvalue weighted by Crippen LogP contribution is -2.39. The maximum absolute atomic E-state index is 11.7. The van der Waals surface area contributed by atoms with E-state index in [0.717, 1.165) is 43.0 Å². The van der Waals surface area contributed by atoms with Gasteiger partial charge in [-0.25, -0.2) is 9.97 Å². The summed E-state index contributed by atoms with van der Waals surface area (Å²) >= 11 is 0. The smallest absolute Gasteiger partial charge is 0.174 e. The van der Waals surface area contributed by atoms with Crippen LogP contribution in [-0.2, 0) is 11.3 Å². The number of carbonyl (C=O) groups is 1. The van der Waals surface area contributed by atoms with Gasteiger partial charge in [-0.1, -0.05) is 36.8 Å². The average Bonchev–Trinajstić information content (AvgIpc) is 3.07. The molecule has 1 aromatic carbocycles. The predicted molar refractivity (Wildman–Crippen MR) is 102 cm³/mol. The van der Waals surface area contributed by atoms with E-state index >= 15 is 0 Å². The van der Waals surface area contributed by atoms with Crippen LogP contribution in [0.25, 0.3) is 0 Å². The van der Waals surface area contributed by atoms with Gasteiger partial charge in [-0.15, -0.1) is 0 Å². The van der Waals surface area contributed by atoms with Gasteiger partial charge in [0, 0.05) is 6.54 Å². The van der Waals surface area contributed by atoms with Crippen molar-refractivity contribution < 1.29 is 4.79 Å². The molecule has 6 nitrogen and oxygen atoms in total. The van der Waals surface area contributed by atoms with Gasteiger partial charge < -0.3 is 10.2 Å². The number of benzene rings is 1. The molecule has 1 aromatic heterocycles. The third-order valence-corrected chi connectivity index (χ3v) is 5.30. The molecule has 0 saturated carbocycles. The summed E-state index contributed by atoms with van der Waals surface area (Å²) in [5.74, 6) is 1.46. The Hall–Kier alpha value is -2.47. The Bertz CT molecular complexity index is 760. The fourth-order valence-corrected chi connectivity index (χ4v) is 3.88. The highest BCUT2D eigenvalue weighted by atomic mass is 16.1. The number of aldehydes is 1. The Morgan fingerprint density at radius 3 is 2.73 bits per heavy atom. The average molecular weight is 351 g/mol.